The monoisotopic (exact) mass is 424 g/mol. The van der Waals surface area contributed by atoms with Gasteiger partial charge in [0.2, 0.25) is 11.8 Å². The molecule has 9 heteroatoms. The summed E-state index contributed by atoms with van der Waals surface area (Å²) in [6, 6.07) is 11.1. The predicted molar refractivity (Wildman–Crippen MR) is 110 cm³/mol. The van der Waals surface area contributed by atoms with E-state index in [-0.39, 0.29) is 30.8 Å². The third-order valence-corrected chi connectivity index (χ3v) is 5.73. The van der Waals surface area contributed by atoms with Crippen LogP contribution in [0.1, 0.15) is 10.4 Å². The molecule has 2 aliphatic rings. The highest BCUT2D eigenvalue weighted by molar-refractivity contribution is 5.95. The molecule has 8 nitrogen and oxygen atoms in total. The minimum absolute atomic E-state index is 0.104. The molecule has 0 radical (unpaired) electrons. The summed E-state index contributed by atoms with van der Waals surface area (Å²) < 4.78 is 24.0. The average molecular weight is 424 g/mol. The Morgan fingerprint density at radius 2 is 1.68 bits per heavy atom. The number of fused-ring (bicyclic) bond motifs is 1. The van der Waals surface area contributed by atoms with Crippen LogP contribution in [0.25, 0.3) is 22.6 Å². The summed E-state index contributed by atoms with van der Waals surface area (Å²) in [4.78, 5) is 33.1. The van der Waals surface area contributed by atoms with Crippen molar-refractivity contribution in [3.05, 3.63) is 53.8 Å². The number of benzene rings is 2. The summed E-state index contributed by atoms with van der Waals surface area (Å²) in [6.07, 6.45) is 0. The number of rotatable bonds is 3. The molecule has 5 rings (SSSR count). The topological polar surface area (TPSA) is 102 Å². The van der Waals surface area contributed by atoms with Gasteiger partial charge < -0.3 is 24.7 Å². The van der Waals surface area contributed by atoms with Crippen LogP contribution in [0.2, 0.25) is 0 Å². The molecule has 3 heterocycles. The van der Waals surface area contributed by atoms with Crippen LogP contribution >= 0.6 is 0 Å². The molecule has 160 valence electrons. The maximum absolute atomic E-state index is 13.4. The molecule has 31 heavy (non-hydrogen) atoms. The molecule has 0 unspecified atom stereocenters. The van der Waals surface area contributed by atoms with Gasteiger partial charge in [0.25, 0.3) is 5.91 Å². The molecule has 3 aromatic rings. The molecule has 1 aromatic heterocycles. The molecule has 2 saturated heterocycles. The van der Waals surface area contributed by atoms with Crippen molar-refractivity contribution in [1.29, 1.82) is 0 Å². The first-order valence-corrected chi connectivity index (χ1v) is 10.0. The van der Waals surface area contributed by atoms with Gasteiger partial charge in [-0.3, -0.25) is 9.59 Å². The molecule has 2 amide bonds. The SMILES string of the molecule is NC1(C(=O)N2CCN(C(=O)c3ccc(-c4nc5ccc(F)cc5o4)cc3)CC2)COC1. The number of carbonyl (C=O) groups excluding carboxylic acids is 2. The lowest BCUT2D eigenvalue weighted by Gasteiger charge is -2.43. The van der Waals surface area contributed by atoms with E-state index < -0.39 is 5.54 Å². The summed E-state index contributed by atoms with van der Waals surface area (Å²) in [5.41, 5.74) is 7.28. The molecule has 0 saturated carbocycles. The lowest BCUT2D eigenvalue weighted by Crippen LogP contribution is -2.68. The van der Waals surface area contributed by atoms with Gasteiger partial charge in [0, 0.05) is 43.4 Å². The van der Waals surface area contributed by atoms with E-state index in [1.165, 1.54) is 12.1 Å². The van der Waals surface area contributed by atoms with Crippen molar-refractivity contribution in [2.45, 2.75) is 5.54 Å². The molecule has 2 aliphatic heterocycles. The third kappa shape index (κ3) is 3.55. The van der Waals surface area contributed by atoms with Crippen molar-refractivity contribution in [3.8, 4) is 11.5 Å². The molecule has 2 fully saturated rings. The average Bonchev–Trinajstić information content (AvgIpc) is 3.20. The first-order valence-electron chi connectivity index (χ1n) is 10.0. The lowest BCUT2D eigenvalue weighted by molar-refractivity contribution is -0.155. The number of piperazine rings is 1. The minimum atomic E-state index is -0.918. The van der Waals surface area contributed by atoms with Crippen molar-refractivity contribution in [1.82, 2.24) is 14.8 Å². The number of oxazole rings is 1. The Balaban J connectivity index is 1.24. The molecule has 0 atom stereocenters. The van der Waals surface area contributed by atoms with Crippen LogP contribution in [0, 0.1) is 5.82 Å². The summed E-state index contributed by atoms with van der Waals surface area (Å²) >= 11 is 0. The molecule has 2 aromatic carbocycles. The van der Waals surface area contributed by atoms with Crippen LogP contribution in [0.4, 0.5) is 4.39 Å². The number of nitrogens with two attached hydrogens (primary N) is 1. The second kappa shape index (κ2) is 7.44. The van der Waals surface area contributed by atoms with Gasteiger partial charge in [0.05, 0.1) is 13.2 Å². The number of nitrogens with zero attached hydrogens (tertiary/aromatic N) is 3. The maximum Gasteiger partial charge on any atom is 0.253 e. The Kier molecular flexibility index (Phi) is 4.71. The van der Waals surface area contributed by atoms with Gasteiger partial charge in [-0.25, -0.2) is 9.37 Å². The van der Waals surface area contributed by atoms with Gasteiger partial charge in [-0.15, -0.1) is 0 Å². The fourth-order valence-electron chi connectivity index (χ4n) is 3.83. The van der Waals surface area contributed by atoms with Crippen LogP contribution in [0.3, 0.4) is 0 Å². The van der Waals surface area contributed by atoms with E-state index in [4.69, 9.17) is 14.9 Å². The van der Waals surface area contributed by atoms with Crippen LogP contribution < -0.4 is 5.73 Å². The van der Waals surface area contributed by atoms with Crippen LogP contribution in [0.5, 0.6) is 0 Å². The van der Waals surface area contributed by atoms with Crippen molar-refractivity contribution >= 4 is 22.9 Å². The normalized spacial score (nSPS) is 18.1. The third-order valence-electron chi connectivity index (χ3n) is 5.73. The zero-order chi connectivity index (χ0) is 21.6. The number of hydrogen-bond donors (Lipinski definition) is 1. The van der Waals surface area contributed by atoms with E-state index in [0.717, 1.165) is 0 Å². The van der Waals surface area contributed by atoms with Gasteiger partial charge in [0.15, 0.2) is 5.58 Å². The Morgan fingerprint density at radius 1 is 1.00 bits per heavy atom. The summed E-state index contributed by atoms with van der Waals surface area (Å²) in [6.45, 7) is 2.26. The highest BCUT2D eigenvalue weighted by atomic mass is 19.1. The zero-order valence-electron chi connectivity index (χ0n) is 16.7. The smallest absolute Gasteiger partial charge is 0.253 e. The summed E-state index contributed by atoms with van der Waals surface area (Å²) in [5.74, 6) is -0.246. The number of hydrogen-bond acceptors (Lipinski definition) is 6. The maximum atomic E-state index is 13.4. The summed E-state index contributed by atoms with van der Waals surface area (Å²) in [5, 5.41) is 0. The number of halogens is 1. The van der Waals surface area contributed by atoms with Gasteiger partial charge in [-0.05, 0) is 36.4 Å². The van der Waals surface area contributed by atoms with E-state index in [0.29, 0.717) is 54.3 Å². The fourth-order valence-corrected chi connectivity index (χ4v) is 3.83. The molecule has 0 spiro atoms. The van der Waals surface area contributed by atoms with Gasteiger partial charge >= 0.3 is 0 Å². The Morgan fingerprint density at radius 3 is 2.32 bits per heavy atom. The standard InChI is InChI=1S/C22H21FN4O4/c23-16-5-6-17-18(11-16)31-19(25-17)14-1-3-15(4-2-14)20(28)26-7-9-27(10-8-26)21(29)22(24)12-30-13-22/h1-6,11H,7-10,12-13,24H2. The fraction of sp³-hybridized carbons (Fsp3) is 0.318. The zero-order valence-corrected chi connectivity index (χ0v) is 16.7. The first-order chi connectivity index (χ1) is 14.9. The van der Waals surface area contributed by atoms with Crippen molar-refractivity contribution < 1.29 is 23.1 Å². The van der Waals surface area contributed by atoms with E-state index in [1.54, 1.807) is 40.1 Å². The largest absolute Gasteiger partial charge is 0.436 e. The molecular weight excluding hydrogens is 403 g/mol. The number of carbonyl (C=O) groups is 2. The molecule has 0 aliphatic carbocycles. The second-order valence-electron chi connectivity index (χ2n) is 7.94. The predicted octanol–water partition coefficient (Wildman–Crippen LogP) is 1.65. The quantitative estimate of drug-likeness (QED) is 0.686. The highest BCUT2D eigenvalue weighted by Gasteiger charge is 2.45. The summed E-state index contributed by atoms with van der Waals surface area (Å²) in [7, 11) is 0. The number of aromatic nitrogens is 1. The van der Waals surface area contributed by atoms with E-state index >= 15 is 0 Å². The Bertz CT molecular complexity index is 1150. The molecule has 2 N–H and O–H groups in total. The molecular formula is C22H21FN4O4. The second-order valence-corrected chi connectivity index (χ2v) is 7.94. The van der Waals surface area contributed by atoms with Crippen molar-refractivity contribution in [3.63, 3.8) is 0 Å². The Hall–Kier alpha value is -3.30. The lowest BCUT2D eigenvalue weighted by atomic mass is 9.96. The number of amides is 2. The highest BCUT2D eigenvalue weighted by Crippen LogP contribution is 2.25. The number of ether oxygens (including phenoxy) is 1. The molecule has 0 bridgehead atoms. The van der Waals surface area contributed by atoms with Crippen LogP contribution in [-0.4, -0.2) is 71.5 Å². The van der Waals surface area contributed by atoms with E-state index in [9.17, 15) is 14.0 Å². The van der Waals surface area contributed by atoms with Gasteiger partial charge in [-0.2, -0.15) is 0 Å². The van der Waals surface area contributed by atoms with Crippen molar-refractivity contribution in [2.24, 2.45) is 5.73 Å². The first kappa shape index (κ1) is 19.7. The minimum Gasteiger partial charge on any atom is -0.436 e. The van der Waals surface area contributed by atoms with Gasteiger partial charge in [-0.1, -0.05) is 0 Å². The van der Waals surface area contributed by atoms with Crippen molar-refractivity contribution in [2.75, 3.05) is 39.4 Å². The van der Waals surface area contributed by atoms with Crippen LogP contribution in [-0.2, 0) is 9.53 Å². The van der Waals surface area contributed by atoms with Crippen LogP contribution in [0.15, 0.2) is 46.9 Å². The Labute approximate surface area is 177 Å². The van der Waals surface area contributed by atoms with E-state index in [1.807, 2.05) is 0 Å². The van der Waals surface area contributed by atoms with E-state index in [2.05, 4.69) is 4.98 Å². The van der Waals surface area contributed by atoms with Gasteiger partial charge in [0.1, 0.15) is 16.9 Å².